The first-order chi connectivity index (χ1) is 9.90. The topological polar surface area (TPSA) is 92.2 Å². The summed E-state index contributed by atoms with van der Waals surface area (Å²) in [7, 11) is -4.94. The number of hydrogen-bond acceptors (Lipinski definition) is 4. The molecule has 0 aliphatic rings. The molecule has 0 spiro atoms. The predicted octanol–water partition coefficient (Wildman–Crippen LogP) is 0.142. The summed E-state index contributed by atoms with van der Waals surface area (Å²) in [4.78, 5) is 0. The normalized spacial score (nSPS) is 11.3. The van der Waals surface area contributed by atoms with Crippen molar-refractivity contribution < 1.29 is 28.9 Å². The Bertz CT molecular complexity index is 695. The van der Waals surface area contributed by atoms with Gasteiger partial charge in [0.15, 0.2) is 0 Å². The van der Waals surface area contributed by atoms with Gasteiger partial charge in [-0.05, 0) is 24.1 Å². The maximum absolute atomic E-state index is 8.49. The monoisotopic (exact) mass is 324 g/mol. The van der Waals surface area contributed by atoms with E-state index in [1.165, 1.54) is 25.7 Å². The van der Waals surface area contributed by atoms with Crippen molar-refractivity contribution >= 4 is 31.5 Å². The minimum atomic E-state index is -4.94. The molecule has 1 heterocycles. The highest BCUT2D eigenvalue weighted by molar-refractivity contribution is 7.24. The molecule has 0 atom stereocenters. The van der Waals surface area contributed by atoms with Crippen molar-refractivity contribution in [1.82, 2.24) is 0 Å². The van der Waals surface area contributed by atoms with Crippen LogP contribution >= 0.6 is 11.3 Å². The molecule has 0 aliphatic carbocycles. The molecule has 0 radical (unpaired) electrons. The Morgan fingerprint density at radius 1 is 0.810 bits per heavy atom. The average Bonchev–Trinajstić information content (AvgIpc) is 2.43. The Labute approximate surface area is 128 Å². The molecule has 110 valence electrons. The molecular formula is C15H13ClO4S. The summed E-state index contributed by atoms with van der Waals surface area (Å²) in [6, 6.07) is 17.4. The van der Waals surface area contributed by atoms with Crippen LogP contribution in [0, 0.1) is 10.2 Å². The second-order valence-electron chi connectivity index (χ2n) is 4.30. The Kier molecular flexibility index (Phi) is 5.05. The van der Waals surface area contributed by atoms with Gasteiger partial charge in [-0.1, -0.05) is 31.2 Å². The van der Waals surface area contributed by atoms with E-state index < -0.39 is 10.2 Å². The molecular weight excluding hydrogens is 312 g/mol. The highest BCUT2D eigenvalue weighted by atomic mass is 35.7. The first-order valence-electron chi connectivity index (χ1n) is 6.24. The van der Waals surface area contributed by atoms with Crippen LogP contribution < -0.4 is 18.6 Å². The van der Waals surface area contributed by atoms with E-state index in [0.717, 1.165) is 6.42 Å². The van der Waals surface area contributed by atoms with Crippen LogP contribution in [0.4, 0.5) is 0 Å². The number of hydrogen-bond donors (Lipinski definition) is 0. The van der Waals surface area contributed by atoms with Gasteiger partial charge in [0, 0.05) is 22.9 Å². The summed E-state index contributed by atoms with van der Waals surface area (Å²) in [5.41, 5.74) is 1.48. The molecule has 0 N–H and O–H groups in total. The first-order valence-corrected chi connectivity index (χ1v) is 8.29. The van der Waals surface area contributed by atoms with Crippen molar-refractivity contribution in [1.29, 1.82) is 0 Å². The van der Waals surface area contributed by atoms with Gasteiger partial charge >= 0.3 is 0 Å². The van der Waals surface area contributed by atoms with Gasteiger partial charge in [0.05, 0.1) is 0 Å². The van der Waals surface area contributed by atoms with Gasteiger partial charge in [0.1, 0.15) is 0 Å². The zero-order chi connectivity index (χ0) is 15.5. The van der Waals surface area contributed by atoms with Crippen molar-refractivity contribution in [2.45, 2.75) is 13.3 Å². The minimum Gasteiger partial charge on any atom is -0.222 e. The van der Waals surface area contributed by atoms with Gasteiger partial charge in [-0.25, -0.2) is 18.6 Å². The summed E-state index contributed by atoms with van der Waals surface area (Å²) in [6.45, 7) is 2.24. The standard InChI is InChI=1S/C15H13S.ClHO4/c1-2-11-12-7-3-5-9-14(12)16-15-10-6-4-8-13(11)15;2-1(3,4)5/h3-10H,2H2,1H3;(H,2,3,4,5)/q+1;/p-1. The predicted molar refractivity (Wildman–Crippen MR) is 73.1 cm³/mol. The van der Waals surface area contributed by atoms with Gasteiger partial charge < -0.3 is 0 Å². The van der Waals surface area contributed by atoms with Crippen molar-refractivity contribution in [2.75, 3.05) is 0 Å². The van der Waals surface area contributed by atoms with Gasteiger partial charge in [-0.3, -0.25) is 0 Å². The Hall–Kier alpha value is -1.34. The number of fused-ring (bicyclic) bond motifs is 2. The lowest BCUT2D eigenvalue weighted by atomic mass is 10.0. The fourth-order valence-electron chi connectivity index (χ4n) is 2.25. The largest absolute Gasteiger partial charge is 0.239 e. The van der Waals surface area contributed by atoms with Crippen LogP contribution in [0.2, 0.25) is 0 Å². The maximum atomic E-state index is 8.49. The molecule has 21 heavy (non-hydrogen) atoms. The van der Waals surface area contributed by atoms with Crippen molar-refractivity contribution in [3.63, 3.8) is 0 Å². The molecule has 6 heteroatoms. The van der Waals surface area contributed by atoms with Crippen LogP contribution in [0.15, 0.2) is 48.5 Å². The summed E-state index contributed by atoms with van der Waals surface area (Å²) < 4.78 is 36.7. The third-order valence-electron chi connectivity index (χ3n) is 3.00. The summed E-state index contributed by atoms with van der Waals surface area (Å²) in [5.74, 6) is 0. The zero-order valence-electron chi connectivity index (χ0n) is 11.2. The molecule has 0 saturated carbocycles. The Balaban J connectivity index is 0.000000282. The van der Waals surface area contributed by atoms with Crippen LogP contribution in [0.5, 0.6) is 0 Å². The minimum absolute atomic E-state index is 1.09. The molecule has 0 aliphatic heterocycles. The summed E-state index contributed by atoms with van der Waals surface area (Å²) in [6.07, 6.45) is 1.09. The molecule has 3 aromatic rings. The molecule has 0 amide bonds. The van der Waals surface area contributed by atoms with E-state index in [9.17, 15) is 0 Å². The molecule has 0 saturated heterocycles. The van der Waals surface area contributed by atoms with Gasteiger partial charge in [-0.2, -0.15) is 0 Å². The van der Waals surface area contributed by atoms with Crippen molar-refractivity contribution in [3.05, 3.63) is 54.1 Å². The lowest BCUT2D eigenvalue weighted by Crippen LogP contribution is -2.68. The second kappa shape index (κ2) is 6.62. The Morgan fingerprint density at radius 2 is 1.19 bits per heavy atom. The third-order valence-corrected chi connectivity index (χ3v) is 4.15. The van der Waals surface area contributed by atoms with Crippen LogP contribution in [0.1, 0.15) is 12.5 Å². The molecule has 1 aromatic heterocycles. The number of benzene rings is 2. The highest BCUT2D eigenvalue weighted by Gasteiger charge is 2.14. The van der Waals surface area contributed by atoms with Crippen LogP contribution in [-0.2, 0) is 6.42 Å². The fraction of sp³-hybridized carbons (Fsp3) is 0.133. The van der Waals surface area contributed by atoms with E-state index in [1.54, 1.807) is 0 Å². The number of halogens is 1. The molecule has 0 unspecified atom stereocenters. The van der Waals surface area contributed by atoms with E-state index in [4.69, 9.17) is 18.6 Å². The third kappa shape index (κ3) is 4.31. The number of aryl methyl sites for hydroxylation is 1. The number of rotatable bonds is 1. The van der Waals surface area contributed by atoms with E-state index in [1.807, 2.05) is 11.3 Å². The molecule has 4 nitrogen and oxygen atoms in total. The van der Waals surface area contributed by atoms with Gasteiger partial charge in [-0.15, -0.1) is 10.2 Å². The summed E-state index contributed by atoms with van der Waals surface area (Å²) in [5, 5.41) is 2.82. The lowest BCUT2D eigenvalue weighted by molar-refractivity contribution is -2.00. The highest BCUT2D eigenvalue weighted by Crippen LogP contribution is 2.32. The van der Waals surface area contributed by atoms with Crippen molar-refractivity contribution in [2.24, 2.45) is 0 Å². The van der Waals surface area contributed by atoms with E-state index in [-0.39, 0.29) is 0 Å². The molecule has 2 aromatic carbocycles. The van der Waals surface area contributed by atoms with Crippen molar-refractivity contribution in [3.8, 4) is 0 Å². The van der Waals surface area contributed by atoms with E-state index >= 15 is 0 Å². The SMILES string of the molecule is CCc1c2ccccc2[s+]c2ccccc12.[O-][Cl+3]([O-])([O-])[O-]. The maximum Gasteiger partial charge on any atom is 0.239 e. The fourth-order valence-corrected chi connectivity index (χ4v) is 3.39. The summed E-state index contributed by atoms with van der Waals surface area (Å²) >= 11 is 1.88. The quantitative estimate of drug-likeness (QED) is 0.470. The zero-order valence-corrected chi connectivity index (χ0v) is 12.8. The van der Waals surface area contributed by atoms with Gasteiger partial charge in [0.2, 0.25) is 20.7 Å². The average molecular weight is 325 g/mol. The van der Waals surface area contributed by atoms with Crippen LogP contribution in [0.25, 0.3) is 20.2 Å². The second-order valence-corrected chi connectivity index (χ2v) is 6.14. The molecule has 0 bridgehead atoms. The van der Waals surface area contributed by atoms with Crippen LogP contribution in [-0.4, -0.2) is 0 Å². The first kappa shape index (κ1) is 16.0. The van der Waals surface area contributed by atoms with E-state index in [0.29, 0.717) is 0 Å². The van der Waals surface area contributed by atoms with Crippen LogP contribution in [0.3, 0.4) is 0 Å². The molecule has 0 fully saturated rings. The van der Waals surface area contributed by atoms with E-state index in [2.05, 4.69) is 55.5 Å². The smallest absolute Gasteiger partial charge is 0.222 e. The molecule has 3 rings (SSSR count). The van der Waals surface area contributed by atoms with Gasteiger partial charge in [0.25, 0.3) is 0 Å². The lowest BCUT2D eigenvalue weighted by Gasteiger charge is -2.17. The Morgan fingerprint density at radius 3 is 1.57 bits per heavy atom.